The predicted octanol–water partition coefficient (Wildman–Crippen LogP) is 2.88. The highest BCUT2D eigenvalue weighted by molar-refractivity contribution is 6.01. The maximum atomic E-state index is 11.2. The third-order valence-corrected chi connectivity index (χ3v) is 3.71. The minimum atomic E-state index is 0.168. The minimum absolute atomic E-state index is 0.168. The van der Waals surface area contributed by atoms with Crippen LogP contribution < -0.4 is 0 Å². The van der Waals surface area contributed by atoms with Crippen molar-refractivity contribution in [1.82, 2.24) is 0 Å². The fraction of sp³-hybridized carbons (Fsp3) is 0.583. The second-order valence-electron chi connectivity index (χ2n) is 4.48. The number of hydrogen-bond acceptors (Lipinski definition) is 1. The van der Waals surface area contributed by atoms with Gasteiger partial charge in [-0.25, -0.2) is 0 Å². The molecule has 0 N–H and O–H groups in total. The molecule has 1 fully saturated rings. The molecule has 1 nitrogen and oxygen atoms in total. The van der Waals surface area contributed by atoms with E-state index in [1.54, 1.807) is 6.08 Å². The number of allylic oxidation sites excluding steroid dienone is 4. The van der Waals surface area contributed by atoms with Crippen LogP contribution >= 0.6 is 0 Å². The van der Waals surface area contributed by atoms with Crippen molar-refractivity contribution < 1.29 is 4.79 Å². The Morgan fingerprint density at radius 2 is 2.31 bits per heavy atom. The molecule has 0 heterocycles. The van der Waals surface area contributed by atoms with Gasteiger partial charge in [-0.2, -0.15) is 0 Å². The van der Waals surface area contributed by atoms with E-state index in [4.69, 9.17) is 0 Å². The van der Waals surface area contributed by atoms with Crippen LogP contribution in [0.5, 0.6) is 0 Å². The van der Waals surface area contributed by atoms with E-state index in [1.807, 2.05) is 6.08 Å². The quantitative estimate of drug-likeness (QED) is 0.554. The summed E-state index contributed by atoms with van der Waals surface area (Å²) < 4.78 is 0. The number of fused-ring (bicyclic) bond motifs is 1. The van der Waals surface area contributed by atoms with Gasteiger partial charge in [0.1, 0.15) is 0 Å². The second kappa shape index (κ2) is 2.83. The fourth-order valence-electron chi connectivity index (χ4n) is 2.46. The van der Waals surface area contributed by atoms with Crippen LogP contribution in [0, 0.1) is 11.3 Å². The van der Waals surface area contributed by atoms with Gasteiger partial charge in [0.2, 0.25) is 0 Å². The summed E-state index contributed by atoms with van der Waals surface area (Å²) in [7, 11) is 0. The van der Waals surface area contributed by atoms with E-state index in [2.05, 4.69) is 19.9 Å². The molecule has 13 heavy (non-hydrogen) atoms. The lowest BCUT2D eigenvalue weighted by Crippen LogP contribution is -2.31. The van der Waals surface area contributed by atoms with E-state index >= 15 is 0 Å². The Hall–Kier alpha value is -0.850. The molecule has 2 aliphatic rings. The first kappa shape index (κ1) is 8.74. The highest BCUT2D eigenvalue weighted by Gasteiger charge is 2.37. The summed E-state index contributed by atoms with van der Waals surface area (Å²) in [4.78, 5) is 11.2. The van der Waals surface area contributed by atoms with Gasteiger partial charge in [-0.3, -0.25) is 4.79 Å². The lowest BCUT2D eigenvalue weighted by Gasteiger charge is -2.41. The lowest BCUT2D eigenvalue weighted by molar-refractivity contribution is -0.110. The van der Waals surface area contributed by atoms with Crippen molar-refractivity contribution in [2.75, 3.05) is 0 Å². The Balaban J connectivity index is 2.39. The molecule has 0 aromatic rings. The molecule has 70 valence electrons. The maximum absolute atomic E-state index is 11.2. The number of carbonyl (C=O) groups is 1. The van der Waals surface area contributed by atoms with Crippen molar-refractivity contribution in [3.63, 3.8) is 0 Å². The van der Waals surface area contributed by atoms with Gasteiger partial charge in [0.15, 0.2) is 5.78 Å². The molecule has 2 aliphatic carbocycles. The normalized spacial score (nSPS) is 38.5. The topological polar surface area (TPSA) is 17.1 Å². The summed E-state index contributed by atoms with van der Waals surface area (Å²) in [6.45, 7) is 4.54. The van der Waals surface area contributed by atoms with Crippen molar-refractivity contribution in [3.05, 3.63) is 23.8 Å². The van der Waals surface area contributed by atoms with Crippen LogP contribution in [0.2, 0.25) is 0 Å². The van der Waals surface area contributed by atoms with Crippen molar-refractivity contribution in [2.24, 2.45) is 11.3 Å². The second-order valence-corrected chi connectivity index (χ2v) is 4.48. The average Bonchev–Trinajstić information content (AvgIpc) is 2.09. The van der Waals surface area contributed by atoms with Crippen molar-refractivity contribution >= 4 is 5.78 Å². The summed E-state index contributed by atoms with van der Waals surface area (Å²) in [5.74, 6) is 0.846. The first-order chi connectivity index (χ1) is 6.13. The zero-order chi connectivity index (χ0) is 9.47. The molecule has 0 aliphatic heterocycles. The van der Waals surface area contributed by atoms with Gasteiger partial charge < -0.3 is 0 Å². The van der Waals surface area contributed by atoms with Crippen molar-refractivity contribution in [3.8, 4) is 0 Å². The highest BCUT2D eigenvalue weighted by Crippen LogP contribution is 2.47. The van der Waals surface area contributed by atoms with Gasteiger partial charge in [0, 0.05) is 5.41 Å². The number of ketones is 1. The Bertz CT molecular complexity index is 298. The maximum Gasteiger partial charge on any atom is 0.178 e. The molecule has 0 spiro atoms. The molecule has 0 aromatic carbocycles. The van der Waals surface area contributed by atoms with Crippen molar-refractivity contribution in [1.29, 1.82) is 0 Å². The largest absolute Gasteiger partial charge is 0.290 e. The first-order valence-corrected chi connectivity index (χ1v) is 5.07. The predicted molar refractivity (Wildman–Crippen MR) is 53.4 cm³/mol. The van der Waals surface area contributed by atoms with Crippen LogP contribution in [0.15, 0.2) is 23.8 Å². The van der Waals surface area contributed by atoms with E-state index in [0.29, 0.717) is 5.92 Å². The van der Waals surface area contributed by atoms with E-state index in [-0.39, 0.29) is 11.2 Å². The number of carbonyl (C=O) groups excluding carboxylic acids is 1. The third kappa shape index (κ3) is 1.27. The molecule has 0 saturated heterocycles. The summed E-state index contributed by atoms with van der Waals surface area (Å²) in [6.07, 6.45) is 9.31. The van der Waals surface area contributed by atoms with Gasteiger partial charge in [0.05, 0.1) is 0 Å². The Morgan fingerprint density at radius 1 is 1.54 bits per heavy atom. The first-order valence-electron chi connectivity index (χ1n) is 5.07. The summed E-state index contributed by atoms with van der Waals surface area (Å²) >= 11 is 0. The van der Waals surface area contributed by atoms with Crippen LogP contribution in [0.25, 0.3) is 0 Å². The lowest BCUT2D eigenvalue weighted by atomic mass is 9.63. The average molecular weight is 176 g/mol. The monoisotopic (exact) mass is 176 g/mol. The van der Waals surface area contributed by atoms with Crippen molar-refractivity contribution in [2.45, 2.75) is 33.1 Å². The van der Waals surface area contributed by atoms with Gasteiger partial charge in [-0.05, 0) is 37.3 Å². The molecule has 0 unspecified atom stereocenters. The fourth-order valence-corrected chi connectivity index (χ4v) is 2.46. The standard InChI is InChI=1S/C12H16O/c1-9-4-3-5-10-8-11(13)6-7-12(9,10)2/h6-9H,3-5H2,1-2H3/t9-,12+/m1/s1. The van der Waals surface area contributed by atoms with Crippen LogP contribution in [0.1, 0.15) is 33.1 Å². The molecule has 2 rings (SSSR count). The van der Waals surface area contributed by atoms with E-state index in [0.717, 1.165) is 6.42 Å². The molecule has 1 saturated carbocycles. The Kier molecular flexibility index (Phi) is 1.90. The Morgan fingerprint density at radius 3 is 3.08 bits per heavy atom. The molecule has 0 aromatic heterocycles. The zero-order valence-electron chi connectivity index (χ0n) is 8.34. The van der Waals surface area contributed by atoms with E-state index in [9.17, 15) is 4.79 Å². The van der Waals surface area contributed by atoms with Crippen LogP contribution in [-0.4, -0.2) is 5.78 Å². The van der Waals surface area contributed by atoms with Gasteiger partial charge in [-0.15, -0.1) is 0 Å². The Labute approximate surface area is 79.5 Å². The molecule has 0 bridgehead atoms. The van der Waals surface area contributed by atoms with Gasteiger partial charge >= 0.3 is 0 Å². The zero-order valence-corrected chi connectivity index (χ0v) is 8.34. The van der Waals surface area contributed by atoms with Gasteiger partial charge in [0.25, 0.3) is 0 Å². The van der Waals surface area contributed by atoms with E-state index in [1.165, 1.54) is 18.4 Å². The number of rotatable bonds is 0. The smallest absolute Gasteiger partial charge is 0.178 e. The van der Waals surface area contributed by atoms with Crippen LogP contribution in [0.4, 0.5) is 0 Å². The molecule has 1 heteroatoms. The molecule has 0 amide bonds. The highest BCUT2D eigenvalue weighted by atomic mass is 16.1. The molecule has 0 radical (unpaired) electrons. The summed E-state index contributed by atoms with van der Waals surface area (Å²) in [6, 6.07) is 0. The summed E-state index contributed by atoms with van der Waals surface area (Å²) in [5, 5.41) is 0. The molecular weight excluding hydrogens is 160 g/mol. The molecule has 2 atom stereocenters. The molecular formula is C12H16O. The van der Waals surface area contributed by atoms with E-state index < -0.39 is 0 Å². The number of hydrogen-bond donors (Lipinski definition) is 0. The van der Waals surface area contributed by atoms with Crippen LogP contribution in [-0.2, 0) is 4.79 Å². The van der Waals surface area contributed by atoms with Gasteiger partial charge in [-0.1, -0.05) is 25.5 Å². The SMILES string of the molecule is C[C@@H]1CCCC2=CC(=O)C=C[C@]21C. The summed E-state index contributed by atoms with van der Waals surface area (Å²) in [5.41, 5.74) is 1.52. The minimum Gasteiger partial charge on any atom is -0.290 e. The third-order valence-electron chi connectivity index (χ3n) is 3.71. The van der Waals surface area contributed by atoms with Crippen LogP contribution in [0.3, 0.4) is 0 Å².